The van der Waals surface area contributed by atoms with Crippen LogP contribution in [-0.4, -0.2) is 28.8 Å². The molecule has 0 atom stereocenters. The summed E-state index contributed by atoms with van der Waals surface area (Å²) in [7, 11) is 1.38. The molecule has 7 heteroatoms. The molecule has 0 amide bonds. The van der Waals surface area contributed by atoms with Crippen LogP contribution in [0.25, 0.3) is 15.9 Å². The first-order chi connectivity index (χ1) is 14.1. The maximum absolute atomic E-state index is 11.6. The van der Waals surface area contributed by atoms with Crippen molar-refractivity contribution < 1.29 is 9.53 Å². The Bertz CT molecular complexity index is 1170. The van der Waals surface area contributed by atoms with E-state index in [0.29, 0.717) is 5.56 Å². The molecule has 0 unspecified atom stereocenters. The summed E-state index contributed by atoms with van der Waals surface area (Å²) in [6, 6.07) is 17.4. The number of nitrogens with zero attached hydrogens (tertiary/aromatic N) is 3. The molecule has 146 valence electrons. The summed E-state index contributed by atoms with van der Waals surface area (Å²) in [5.74, 6) is -0.341. The van der Waals surface area contributed by atoms with E-state index in [1.54, 1.807) is 29.7 Å². The van der Waals surface area contributed by atoms with E-state index in [0.717, 1.165) is 38.0 Å². The minimum atomic E-state index is -0.341. The van der Waals surface area contributed by atoms with Crippen molar-refractivity contribution in [3.05, 3.63) is 77.1 Å². The van der Waals surface area contributed by atoms with Gasteiger partial charge in [0.2, 0.25) is 5.13 Å². The summed E-state index contributed by atoms with van der Waals surface area (Å²) in [6.45, 7) is 4.08. The Morgan fingerprint density at radius 2 is 1.93 bits per heavy atom. The number of esters is 1. The number of methoxy groups -OCH3 is 1. The van der Waals surface area contributed by atoms with Gasteiger partial charge in [-0.25, -0.2) is 9.78 Å². The number of aromatic nitrogens is 2. The minimum Gasteiger partial charge on any atom is -0.465 e. The summed E-state index contributed by atoms with van der Waals surface area (Å²) in [4.78, 5) is 16.2. The second-order valence-electron chi connectivity index (χ2n) is 6.56. The highest BCUT2D eigenvalue weighted by Crippen LogP contribution is 2.25. The van der Waals surface area contributed by atoms with Crippen LogP contribution in [0.4, 0.5) is 5.13 Å². The number of thiazole rings is 1. The molecule has 0 aliphatic carbocycles. The quantitative estimate of drug-likeness (QED) is 0.291. The lowest BCUT2D eigenvalue weighted by atomic mass is 10.2. The molecule has 2 heterocycles. The number of carbonyl (C=O) groups is 1. The monoisotopic (exact) mass is 404 g/mol. The Labute approximate surface area is 172 Å². The Morgan fingerprint density at radius 1 is 1.17 bits per heavy atom. The van der Waals surface area contributed by atoms with E-state index in [9.17, 15) is 4.79 Å². The number of ether oxygens (including phenoxy) is 1. The standard InChI is InChI=1S/C22H20N4O2S/c1-14-12-17(13-23-25-22-24-19-6-4-5-7-20(19)29-22)15(2)26(14)18-10-8-16(9-11-18)21(27)28-3/h4-13H,1-3H3,(H,24,25)/b23-13-. The summed E-state index contributed by atoms with van der Waals surface area (Å²) in [5, 5.41) is 5.12. The fourth-order valence-electron chi connectivity index (χ4n) is 3.26. The highest BCUT2D eigenvalue weighted by molar-refractivity contribution is 7.22. The Morgan fingerprint density at radius 3 is 2.66 bits per heavy atom. The third kappa shape index (κ3) is 3.77. The van der Waals surface area contributed by atoms with Crippen LogP contribution in [0.15, 0.2) is 59.7 Å². The van der Waals surface area contributed by atoms with Gasteiger partial charge >= 0.3 is 5.97 Å². The number of hydrogen-bond acceptors (Lipinski definition) is 6. The molecule has 29 heavy (non-hydrogen) atoms. The van der Waals surface area contributed by atoms with Gasteiger partial charge in [0.25, 0.3) is 0 Å². The maximum atomic E-state index is 11.6. The molecule has 1 N–H and O–H groups in total. The molecule has 2 aromatic carbocycles. The lowest BCUT2D eigenvalue weighted by Gasteiger charge is -2.10. The van der Waals surface area contributed by atoms with Gasteiger partial charge in [-0.15, -0.1) is 0 Å². The highest BCUT2D eigenvalue weighted by Gasteiger charge is 2.11. The smallest absolute Gasteiger partial charge is 0.337 e. The fraction of sp³-hybridized carbons (Fsp3) is 0.136. The first-order valence-electron chi connectivity index (χ1n) is 9.09. The van der Waals surface area contributed by atoms with Crippen molar-refractivity contribution in [3.8, 4) is 5.69 Å². The molecule has 0 fully saturated rings. The zero-order valence-electron chi connectivity index (χ0n) is 16.3. The number of hydrogen-bond donors (Lipinski definition) is 1. The molecular formula is C22H20N4O2S. The number of hydrazone groups is 1. The second-order valence-corrected chi connectivity index (χ2v) is 7.59. The van der Waals surface area contributed by atoms with Crippen molar-refractivity contribution in [1.82, 2.24) is 9.55 Å². The largest absolute Gasteiger partial charge is 0.465 e. The topological polar surface area (TPSA) is 68.5 Å². The molecule has 6 nitrogen and oxygen atoms in total. The second kappa shape index (κ2) is 7.89. The normalized spacial score (nSPS) is 11.3. The molecule has 0 aliphatic heterocycles. The first-order valence-corrected chi connectivity index (χ1v) is 9.91. The maximum Gasteiger partial charge on any atom is 0.337 e. The van der Waals surface area contributed by atoms with E-state index in [4.69, 9.17) is 4.74 Å². The van der Waals surface area contributed by atoms with Gasteiger partial charge in [-0.1, -0.05) is 23.5 Å². The molecule has 0 aliphatic rings. The van der Waals surface area contributed by atoms with Crippen LogP contribution >= 0.6 is 11.3 Å². The predicted octanol–water partition coefficient (Wildman–Crippen LogP) is 4.94. The number of fused-ring (bicyclic) bond motifs is 1. The van der Waals surface area contributed by atoms with Crippen molar-refractivity contribution in [3.63, 3.8) is 0 Å². The Kier molecular flexibility index (Phi) is 5.14. The van der Waals surface area contributed by atoms with E-state index >= 15 is 0 Å². The first kappa shape index (κ1) is 18.9. The van der Waals surface area contributed by atoms with Gasteiger partial charge in [0, 0.05) is 22.6 Å². The van der Waals surface area contributed by atoms with Crippen LogP contribution in [0.5, 0.6) is 0 Å². The molecule has 4 aromatic rings. The van der Waals surface area contributed by atoms with Crippen LogP contribution in [0.3, 0.4) is 0 Å². The van der Waals surface area contributed by atoms with Crippen molar-refractivity contribution in [2.75, 3.05) is 12.5 Å². The Hall–Kier alpha value is -3.45. The number of para-hydroxylation sites is 1. The van der Waals surface area contributed by atoms with E-state index in [1.807, 2.05) is 50.2 Å². The average molecular weight is 404 g/mol. The SMILES string of the molecule is COC(=O)c1ccc(-n2c(C)cc(/C=N\Nc3nc4ccccc4s3)c2C)cc1. The number of carbonyl (C=O) groups excluding carboxylic acids is 1. The van der Waals surface area contributed by atoms with Gasteiger partial charge in [-0.2, -0.15) is 5.10 Å². The predicted molar refractivity (Wildman–Crippen MR) is 117 cm³/mol. The lowest BCUT2D eigenvalue weighted by Crippen LogP contribution is -2.03. The number of benzene rings is 2. The number of anilines is 1. The van der Waals surface area contributed by atoms with Crippen LogP contribution in [0.1, 0.15) is 27.3 Å². The summed E-state index contributed by atoms with van der Waals surface area (Å²) in [6.07, 6.45) is 1.80. The van der Waals surface area contributed by atoms with E-state index in [1.165, 1.54) is 7.11 Å². The van der Waals surface area contributed by atoms with E-state index < -0.39 is 0 Å². The van der Waals surface area contributed by atoms with Crippen LogP contribution in [0, 0.1) is 13.8 Å². The summed E-state index contributed by atoms with van der Waals surface area (Å²) >= 11 is 1.57. The third-order valence-electron chi connectivity index (χ3n) is 4.67. The van der Waals surface area contributed by atoms with E-state index in [-0.39, 0.29) is 5.97 Å². The molecule has 0 radical (unpaired) electrons. The molecule has 0 bridgehead atoms. The van der Waals surface area contributed by atoms with E-state index in [2.05, 4.69) is 26.1 Å². The van der Waals surface area contributed by atoms with Gasteiger partial charge in [-0.3, -0.25) is 5.43 Å². The number of nitrogens with one attached hydrogen (secondary N) is 1. The van der Waals surface area contributed by atoms with Crippen molar-refractivity contribution in [2.24, 2.45) is 5.10 Å². The Balaban J connectivity index is 1.55. The van der Waals surface area contributed by atoms with Gasteiger partial charge in [-0.05, 0) is 56.3 Å². The van der Waals surface area contributed by atoms with Gasteiger partial charge in [0.1, 0.15) is 0 Å². The van der Waals surface area contributed by atoms with Gasteiger partial charge in [0.15, 0.2) is 0 Å². The number of aryl methyl sites for hydroxylation is 1. The molecule has 0 spiro atoms. The van der Waals surface area contributed by atoms with Gasteiger partial charge in [0.05, 0.1) is 29.1 Å². The molecule has 0 saturated carbocycles. The average Bonchev–Trinajstić information content (AvgIpc) is 3.27. The fourth-order valence-corrected chi connectivity index (χ4v) is 4.07. The zero-order valence-corrected chi connectivity index (χ0v) is 17.2. The number of rotatable bonds is 5. The third-order valence-corrected chi connectivity index (χ3v) is 5.62. The zero-order chi connectivity index (χ0) is 20.4. The lowest BCUT2D eigenvalue weighted by molar-refractivity contribution is 0.0601. The van der Waals surface area contributed by atoms with Crippen LogP contribution in [-0.2, 0) is 4.74 Å². The highest BCUT2D eigenvalue weighted by atomic mass is 32.1. The van der Waals surface area contributed by atoms with Gasteiger partial charge < -0.3 is 9.30 Å². The molecule has 4 rings (SSSR count). The van der Waals surface area contributed by atoms with Crippen molar-refractivity contribution >= 4 is 38.9 Å². The molecule has 2 aromatic heterocycles. The minimum absolute atomic E-state index is 0.341. The summed E-state index contributed by atoms with van der Waals surface area (Å²) < 4.78 is 8.01. The van der Waals surface area contributed by atoms with Crippen molar-refractivity contribution in [1.29, 1.82) is 0 Å². The summed E-state index contributed by atoms with van der Waals surface area (Å²) in [5.41, 5.74) is 8.63. The van der Waals surface area contributed by atoms with Crippen molar-refractivity contribution in [2.45, 2.75) is 13.8 Å². The van der Waals surface area contributed by atoms with Crippen LogP contribution < -0.4 is 5.43 Å². The molecular weight excluding hydrogens is 384 g/mol. The van der Waals surface area contributed by atoms with Crippen LogP contribution in [0.2, 0.25) is 0 Å². The molecule has 0 saturated heterocycles.